The Morgan fingerprint density at radius 2 is 1.62 bits per heavy atom. The molecule has 2 aliphatic rings. The Bertz CT molecular complexity index is 1290. The molecule has 1 heterocycles. The number of rotatable bonds is 6. The molecule has 1 saturated heterocycles. The molecule has 7 nitrogen and oxygen atoms in total. The fourth-order valence-corrected chi connectivity index (χ4v) is 8.73. The van der Waals surface area contributed by atoms with Crippen molar-refractivity contribution in [1.29, 1.82) is 0 Å². The summed E-state index contributed by atoms with van der Waals surface area (Å²) in [5.74, 6) is -1.62. The third-order valence-electron chi connectivity index (χ3n) is 6.54. The van der Waals surface area contributed by atoms with Crippen LogP contribution in [0.1, 0.15) is 38.2 Å². The highest BCUT2D eigenvalue weighted by Crippen LogP contribution is 2.48. The van der Waals surface area contributed by atoms with Gasteiger partial charge in [0.1, 0.15) is 16.4 Å². The van der Waals surface area contributed by atoms with E-state index >= 15 is 0 Å². The van der Waals surface area contributed by atoms with Crippen molar-refractivity contribution < 1.29 is 30.7 Å². The highest BCUT2D eigenvalue weighted by molar-refractivity contribution is 7.92. The summed E-state index contributed by atoms with van der Waals surface area (Å²) in [6.07, 6.45) is -0.0645. The highest BCUT2D eigenvalue weighted by atomic mass is 35.5. The van der Waals surface area contributed by atoms with E-state index in [0.29, 0.717) is 5.02 Å². The third-order valence-corrected chi connectivity index (χ3v) is 10.9. The van der Waals surface area contributed by atoms with E-state index in [9.17, 15) is 30.7 Å². The molecular formula is C22H25ClF2N2O5S2. The first kappa shape index (κ1) is 25.5. The van der Waals surface area contributed by atoms with E-state index < -0.39 is 48.1 Å². The van der Waals surface area contributed by atoms with Gasteiger partial charge in [0.05, 0.1) is 10.5 Å². The van der Waals surface area contributed by atoms with E-state index in [-0.39, 0.29) is 49.2 Å². The lowest BCUT2D eigenvalue weighted by Crippen LogP contribution is -2.64. The molecular weight excluding hydrogens is 510 g/mol. The van der Waals surface area contributed by atoms with Crippen LogP contribution in [0.2, 0.25) is 5.02 Å². The second kappa shape index (κ2) is 8.79. The molecule has 0 bridgehead atoms. The van der Waals surface area contributed by atoms with Crippen molar-refractivity contribution in [2.24, 2.45) is 0 Å². The second-order valence-electron chi connectivity index (χ2n) is 9.24. The molecule has 0 unspecified atom stereocenters. The van der Waals surface area contributed by atoms with Crippen molar-refractivity contribution in [2.45, 2.75) is 53.9 Å². The summed E-state index contributed by atoms with van der Waals surface area (Å²) in [7, 11) is -8.09. The van der Waals surface area contributed by atoms with Gasteiger partial charge in [-0.2, -0.15) is 17.4 Å². The van der Waals surface area contributed by atoms with Crippen molar-refractivity contribution >= 4 is 31.6 Å². The van der Waals surface area contributed by atoms with Crippen molar-refractivity contribution in [3.05, 3.63) is 64.7 Å². The molecule has 1 aliphatic carbocycles. The Kier molecular flexibility index (Phi) is 6.58. The number of halogens is 3. The largest absolute Gasteiger partial charge is 0.387 e. The van der Waals surface area contributed by atoms with Gasteiger partial charge in [0.15, 0.2) is 9.84 Å². The van der Waals surface area contributed by atoms with Gasteiger partial charge in [0, 0.05) is 29.7 Å². The van der Waals surface area contributed by atoms with E-state index in [1.165, 1.54) is 31.2 Å². The van der Waals surface area contributed by atoms with Gasteiger partial charge in [0.2, 0.25) is 0 Å². The van der Waals surface area contributed by atoms with E-state index in [2.05, 4.69) is 4.72 Å². The molecule has 2 aromatic carbocycles. The first-order valence-corrected chi connectivity index (χ1v) is 14.0. The quantitative estimate of drug-likeness (QED) is 0.592. The lowest BCUT2D eigenvalue weighted by atomic mass is 9.80. The first-order chi connectivity index (χ1) is 15.8. The first-order valence-electron chi connectivity index (χ1n) is 10.7. The zero-order valence-corrected chi connectivity index (χ0v) is 20.7. The maximum absolute atomic E-state index is 14.9. The van der Waals surface area contributed by atoms with E-state index in [4.69, 9.17) is 11.6 Å². The molecule has 0 aromatic heterocycles. The summed E-state index contributed by atoms with van der Waals surface area (Å²) in [5, 5.41) is 10.2. The van der Waals surface area contributed by atoms with Crippen LogP contribution in [0.25, 0.3) is 0 Å². The standard InChI is InChI=1S/C22H25ClF2N2O5S2/c1-21(28)13-27(14-21)34(31,32)26-17-8-10-22(11-9-17,19-12-16(24)4-7-20(19)25)33(29,30)18-5-2-15(23)3-6-18/h2-7,12,17,26,28H,8-11,13-14H2,1H3. The minimum Gasteiger partial charge on any atom is -0.387 e. The van der Waals surface area contributed by atoms with Gasteiger partial charge < -0.3 is 5.11 Å². The topological polar surface area (TPSA) is 104 Å². The van der Waals surface area contributed by atoms with Crippen LogP contribution in [0, 0.1) is 11.6 Å². The van der Waals surface area contributed by atoms with Crippen molar-refractivity contribution in [2.75, 3.05) is 13.1 Å². The lowest BCUT2D eigenvalue weighted by Gasteiger charge is -2.44. The molecule has 0 atom stereocenters. The molecule has 2 aromatic rings. The Morgan fingerprint density at radius 3 is 2.18 bits per heavy atom. The Labute approximate surface area is 202 Å². The summed E-state index contributed by atoms with van der Waals surface area (Å²) < 4.78 is 83.7. The van der Waals surface area contributed by atoms with Crippen molar-refractivity contribution in [3.63, 3.8) is 0 Å². The SMILES string of the molecule is CC1(O)CN(S(=O)(=O)NC2CCC(c3cc(F)ccc3F)(S(=O)(=O)c3ccc(Cl)cc3)CC2)C1. The number of hydrogen-bond acceptors (Lipinski definition) is 5. The summed E-state index contributed by atoms with van der Waals surface area (Å²) in [5.41, 5.74) is -1.36. The van der Waals surface area contributed by atoms with Crippen LogP contribution in [0.3, 0.4) is 0 Å². The maximum Gasteiger partial charge on any atom is 0.279 e. The molecule has 4 rings (SSSR count). The minimum atomic E-state index is -4.21. The normalized spacial score (nSPS) is 25.6. The average Bonchev–Trinajstić information content (AvgIpc) is 2.74. The molecule has 1 aliphatic heterocycles. The van der Waals surface area contributed by atoms with Crippen LogP contribution in [0.15, 0.2) is 47.4 Å². The molecule has 12 heteroatoms. The molecule has 2 fully saturated rings. The number of aliphatic hydroxyl groups is 1. The summed E-state index contributed by atoms with van der Waals surface area (Å²) in [6, 6.07) is 7.58. The predicted molar refractivity (Wildman–Crippen MR) is 123 cm³/mol. The van der Waals surface area contributed by atoms with Crippen LogP contribution in [0.5, 0.6) is 0 Å². The summed E-state index contributed by atoms with van der Waals surface area (Å²) >= 11 is 5.90. The van der Waals surface area contributed by atoms with Crippen LogP contribution >= 0.6 is 11.6 Å². The van der Waals surface area contributed by atoms with Gasteiger partial charge in [-0.1, -0.05) is 11.6 Å². The number of sulfone groups is 1. The number of β-amino-alcohol motifs (C(OH)–C–C–N with tert-alkyl or cyclic N) is 1. The van der Waals surface area contributed by atoms with E-state index in [1.807, 2.05) is 0 Å². The Balaban J connectivity index is 1.65. The smallest absolute Gasteiger partial charge is 0.279 e. The minimum absolute atomic E-state index is 0.0432. The zero-order valence-electron chi connectivity index (χ0n) is 18.3. The molecule has 1 saturated carbocycles. The Hall–Kier alpha value is -1.63. The number of hydrogen-bond donors (Lipinski definition) is 2. The third kappa shape index (κ3) is 4.61. The number of nitrogens with zero attached hydrogens (tertiary/aromatic N) is 1. The van der Waals surface area contributed by atoms with Gasteiger partial charge in [-0.15, -0.1) is 0 Å². The van der Waals surface area contributed by atoms with Gasteiger partial charge >= 0.3 is 0 Å². The van der Waals surface area contributed by atoms with E-state index in [0.717, 1.165) is 22.5 Å². The Morgan fingerprint density at radius 1 is 1.03 bits per heavy atom. The van der Waals surface area contributed by atoms with Gasteiger partial charge in [-0.25, -0.2) is 17.2 Å². The maximum atomic E-state index is 14.9. The van der Waals surface area contributed by atoms with Crippen LogP contribution < -0.4 is 4.72 Å². The van der Waals surface area contributed by atoms with E-state index in [1.54, 1.807) is 0 Å². The fourth-order valence-electron chi connectivity index (χ4n) is 4.74. The van der Waals surface area contributed by atoms with Gasteiger partial charge in [-0.3, -0.25) is 0 Å². The van der Waals surface area contributed by atoms with Crippen LogP contribution in [-0.4, -0.2) is 51.0 Å². The number of benzene rings is 2. The zero-order chi connectivity index (χ0) is 24.9. The molecule has 0 spiro atoms. The van der Waals surface area contributed by atoms with Crippen LogP contribution in [0.4, 0.5) is 8.78 Å². The monoisotopic (exact) mass is 534 g/mol. The summed E-state index contributed by atoms with van der Waals surface area (Å²) in [6.45, 7) is 1.44. The van der Waals surface area contributed by atoms with Gasteiger partial charge in [-0.05, 0) is 75.1 Å². The molecule has 2 N–H and O–H groups in total. The second-order valence-corrected chi connectivity index (χ2v) is 13.6. The predicted octanol–water partition coefficient (Wildman–Crippen LogP) is 3.13. The lowest BCUT2D eigenvalue weighted by molar-refractivity contribution is -0.0433. The molecule has 34 heavy (non-hydrogen) atoms. The molecule has 186 valence electrons. The fraction of sp³-hybridized carbons (Fsp3) is 0.455. The van der Waals surface area contributed by atoms with Crippen molar-refractivity contribution in [1.82, 2.24) is 9.03 Å². The van der Waals surface area contributed by atoms with Crippen LogP contribution in [-0.2, 0) is 24.8 Å². The highest BCUT2D eigenvalue weighted by Gasteiger charge is 2.51. The molecule has 0 amide bonds. The van der Waals surface area contributed by atoms with Gasteiger partial charge in [0.25, 0.3) is 10.2 Å². The van der Waals surface area contributed by atoms with Crippen molar-refractivity contribution in [3.8, 4) is 0 Å². The summed E-state index contributed by atoms with van der Waals surface area (Å²) in [4.78, 5) is -0.0811. The average molecular weight is 535 g/mol. The number of nitrogens with one attached hydrogen (secondary N) is 1. The molecule has 0 radical (unpaired) electrons.